The van der Waals surface area contributed by atoms with Gasteiger partial charge in [-0.05, 0) is 79.7 Å². The van der Waals surface area contributed by atoms with E-state index in [2.05, 4.69) is 33.1 Å². The number of allylic oxidation sites excluding steroid dienone is 8. The zero-order valence-electron chi connectivity index (χ0n) is 29.2. The molecule has 8 nitrogen and oxygen atoms in total. The number of carbonyl (C=O) groups excluding carboxylic acids is 3. The molecular weight excluding hydrogens is 620 g/mol. The summed E-state index contributed by atoms with van der Waals surface area (Å²) in [4.78, 5) is 36.7. The van der Waals surface area contributed by atoms with Crippen LogP contribution in [-0.2, 0) is 28.5 Å². The van der Waals surface area contributed by atoms with E-state index in [1.165, 1.54) is 42.9 Å². The number of cyclic esters (lactones) is 1. The summed E-state index contributed by atoms with van der Waals surface area (Å²) in [6, 6.07) is 6.87. The van der Waals surface area contributed by atoms with Crippen molar-refractivity contribution in [2.75, 3.05) is 0 Å². The lowest BCUT2D eigenvalue weighted by Gasteiger charge is -2.24. The molecule has 0 radical (unpaired) electrons. The van der Waals surface area contributed by atoms with Crippen molar-refractivity contribution >= 4 is 17.9 Å². The van der Waals surface area contributed by atoms with Crippen molar-refractivity contribution in [3.63, 3.8) is 0 Å². The molecule has 1 aromatic carbocycles. The van der Waals surface area contributed by atoms with Gasteiger partial charge in [0.15, 0.2) is 0 Å². The van der Waals surface area contributed by atoms with E-state index in [0.29, 0.717) is 48.3 Å². The molecule has 1 fully saturated rings. The normalized spacial score (nSPS) is 18.6. The van der Waals surface area contributed by atoms with Crippen molar-refractivity contribution in [2.45, 2.75) is 129 Å². The molecule has 8 heteroatoms. The summed E-state index contributed by atoms with van der Waals surface area (Å²) in [5.74, 6) is 0.764. The van der Waals surface area contributed by atoms with Crippen molar-refractivity contribution in [1.29, 1.82) is 0 Å². The number of esters is 3. The standard InChI is InChI=1S/C41H52O8/c1-5-8-10-11-12-13-15-39(49-38(42)7-3)46-34-22-16-30(17-23-34)31-18-24-35(25-19-31)47-41(44)32-20-26-33(27-21-32)45-36(14-9-6-2)37-28-29(4)40(43)48-37/h7,16,18,20-22,24,26-27,36-37,39H,3-6,8-15,17,19,23,25,28H2,1-2H3. The van der Waals surface area contributed by atoms with E-state index in [1.807, 2.05) is 18.2 Å². The van der Waals surface area contributed by atoms with E-state index in [4.69, 9.17) is 23.7 Å². The lowest BCUT2D eigenvalue weighted by Crippen LogP contribution is -2.31. The summed E-state index contributed by atoms with van der Waals surface area (Å²) in [6.07, 6.45) is 21.4. The van der Waals surface area contributed by atoms with Crippen LogP contribution in [0.15, 0.2) is 96.0 Å². The largest absolute Gasteiger partial charge is 0.487 e. The van der Waals surface area contributed by atoms with Gasteiger partial charge >= 0.3 is 17.9 Å². The maximum Gasteiger partial charge on any atom is 0.343 e. The Morgan fingerprint density at radius 2 is 1.49 bits per heavy atom. The average molecular weight is 673 g/mol. The fourth-order valence-corrected chi connectivity index (χ4v) is 6.08. The topological polar surface area (TPSA) is 97.4 Å². The van der Waals surface area contributed by atoms with Gasteiger partial charge in [0.2, 0.25) is 6.29 Å². The van der Waals surface area contributed by atoms with Crippen molar-refractivity contribution in [3.05, 3.63) is 102 Å². The minimum atomic E-state index is -0.613. The molecular formula is C41H52O8. The van der Waals surface area contributed by atoms with E-state index in [-0.39, 0.29) is 18.2 Å². The molecule has 1 saturated heterocycles. The van der Waals surface area contributed by atoms with E-state index in [0.717, 1.165) is 50.7 Å². The third-order valence-electron chi connectivity index (χ3n) is 8.98. The second-order valence-corrected chi connectivity index (χ2v) is 12.9. The number of carbonyl (C=O) groups is 3. The molecule has 1 aromatic rings. The van der Waals surface area contributed by atoms with Crippen LogP contribution in [0, 0.1) is 0 Å². The number of unbranched alkanes of at least 4 members (excludes halogenated alkanes) is 6. The molecule has 0 saturated carbocycles. The Morgan fingerprint density at radius 1 is 0.837 bits per heavy atom. The molecule has 2 aliphatic carbocycles. The van der Waals surface area contributed by atoms with Crippen molar-refractivity contribution in [2.24, 2.45) is 0 Å². The third kappa shape index (κ3) is 11.9. The fraction of sp³-hybridized carbons (Fsp3) is 0.488. The molecule has 3 atom stereocenters. The molecule has 264 valence electrons. The highest BCUT2D eigenvalue weighted by Crippen LogP contribution is 2.33. The molecule has 0 N–H and O–H groups in total. The van der Waals surface area contributed by atoms with Gasteiger partial charge in [0.1, 0.15) is 29.5 Å². The second-order valence-electron chi connectivity index (χ2n) is 12.9. The fourth-order valence-electron chi connectivity index (χ4n) is 6.08. The molecule has 3 aliphatic rings. The van der Waals surface area contributed by atoms with Crippen molar-refractivity contribution in [3.8, 4) is 5.75 Å². The first-order valence-electron chi connectivity index (χ1n) is 18.0. The van der Waals surface area contributed by atoms with Gasteiger partial charge in [-0.25, -0.2) is 14.4 Å². The monoisotopic (exact) mass is 672 g/mol. The van der Waals surface area contributed by atoms with Crippen LogP contribution in [0.2, 0.25) is 0 Å². The Morgan fingerprint density at radius 3 is 2.08 bits per heavy atom. The first kappa shape index (κ1) is 37.5. The summed E-state index contributed by atoms with van der Waals surface area (Å²) >= 11 is 0. The van der Waals surface area contributed by atoms with Gasteiger partial charge < -0.3 is 23.7 Å². The second kappa shape index (κ2) is 19.6. The lowest BCUT2D eigenvalue weighted by molar-refractivity contribution is -0.167. The van der Waals surface area contributed by atoms with Gasteiger partial charge in [-0.15, -0.1) is 0 Å². The van der Waals surface area contributed by atoms with E-state index in [9.17, 15) is 14.4 Å². The summed E-state index contributed by atoms with van der Waals surface area (Å²) in [7, 11) is 0. The van der Waals surface area contributed by atoms with Crippen LogP contribution in [0.1, 0.15) is 121 Å². The number of hydrogen-bond donors (Lipinski definition) is 0. The predicted molar refractivity (Wildman–Crippen MR) is 189 cm³/mol. The van der Waals surface area contributed by atoms with Crippen LogP contribution in [0.5, 0.6) is 5.75 Å². The molecule has 0 aromatic heterocycles. The molecule has 0 amide bonds. The average Bonchev–Trinajstić information content (AvgIpc) is 3.46. The Labute approximate surface area is 291 Å². The van der Waals surface area contributed by atoms with Crippen LogP contribution in [0.4, 0.5) is 0 Å². The van der Waals surface area contributed by atoms with Crippen LogP contribution in [0.3, 0.4) is 0 Å². The van der Waals surface area contributed by atoms with E-state index < -0.39 is 18.2 Å². The van der Waals surface area contributed by atoms with Crippen LogP contribution in [-0.4, -0.2) is 36.4 Å². The maximum absolute atomic E-state index is 12.9. The van der Waals surface area contributed by atoms with Crippen LogP contribution >= 0.6 is 0 Å². The van der Waals surface area contributed by atoms with Gasteiger partial charge in [0.25, 0.3) is 0 Å². The van der Waals surface area contributed by atoms with Gasteiger partial charge in [-0.1, -0.05) is 77.7 Å². The number of benzene rings is 1. The quantitative estimate of drug-likeness (QED) is 0.0444. The maximum atomic E-state index is 12.9. The summed E-state index contributed by atoms with van der Waals surface area (Å²) in [5.41, 5.74) is 3.31. The van der Waals surface area contributed by atoms with Crippen molar-refractivity contribution in [1.82, 2.24) is 0 Å². The summed E-state index contributed by atoms with van der Waals surface area (Å²) in [5, 5.41) is 0. The minimum absolute atomic E-state index is 0.280. The highest BCUT2D eigenvalue weighted by Gasteiger charge is 2.35. The molecule has 3 unspecified atom stereocenters. The Bertz CT molecular complexity index is 1430. The van der Waals surface area contributed by atoms with Gasteiger partial charge in [0.05, 0.1) is 5.56 Å². The molecule has 0 bridgehead atoms. The highest BCUT2D eigenvalue weighted by molar-refractivity contribution is 5.90. The Kier molecular flexibility index (Phi) is 15.0. The minimum Gasteiger partial charge on any atom is -0.487 e. The SMILES string of the molecule is C=CC(=O)OC(CCCCCCCC)OC1=CC=C(C2=CC=C(OC(=O)c3ccc(OC(CCCC)C4CC(=C)C(=O)O4)cc3)CC2)CC1. The highest BCUT2D eigenvalue weighted by atomic mass is 16.7. The molecule has 49 heavy (non-hydrogen) atoms. The molecule has 0 spiro atoms. The molecule has 1 heterocycles. The first-order valence-corrected chi connectivity index (χ1v) is 18.0. The van der Waals surface area contributed by atoms with E-state index in [1.54, 1.807) is 24.3 Å². The number of rotatable bonds is 20. The number of ether oxygens (including phenoxy) is 5. The molecule has 4 rings (SSSR count). The zero-order valence-corrected chi connectivity index (χ0v) is 29.2. The smallest absolute Gasteiger partial charge is 0.343 e. The van der Waals surface area contributed by atoms with Gasteiger partial charge in [-0.3, -0.25) is 0 Å². The van der Waals surface area contributed by atoms with Gasteiger partial charge in [-0.2, -0.15) is 0 Å². The zero-order chi connectivity index (χ0) is 35.0. The lowest BCUT2D eigenvalue weighted by atomic mass is 9.90. The van der Waals surface area contributed by atoms with Crippen LogP contribution in [0.25, 0.3) is 0 Å². The Balaban J connectivity index is 1.28. The number of hydrogen-bond acceptors (Lipinski definition) is 8. The Hall–Kier alpha value is -4.33. The first-order chi connectivity index (χ1) is 23.8. The third-order valence-corrected chi connectivity index (χ3v) is 8.98. The van der Waals surface area contributed by atoms with Crippen LogP contribution < -0.4 is 4.74 Å². The molecule has 1 aliphatic heterocycles. The van der Waals surface area contributed by atoms with Crippen molar-refractivity contribution < 1.29 is 38.1 Å². The summed E-state index contributed by atoms with van der Waals surface area (Å²) < 4.78 is 29.0. The summed E-state index contributed by atoms with van der Waals surface area (Å²) in [6.45, 7) is 11.6. The van der Waals surface area contributed by atoms with Gasteiger partial charge in [0, 0.05) is 37.3 Å². The predicted octanol–water partition coefficient (Wildman–Crippen LogP) is 9.68. The van der Waals surface area contributed by atoms with E-state index >= 15 is 0 Å².